The van der Waals surface area contributed by atoms with Crippen LogP contribution in [0.4, 0.5) is 17.2 Å². The predicted octanol–water partition coefficient (Wildman–Crippen LogP) is 4.71. The number of nitrogens with one attached hydrogen (secondary N) is 1. The van der Waals surface area contributed by atoms with Crippen molar-refractivity contribution in [2.75, 3.05) is 11.1 Å². The summed E-state index contributed by atoms with van der Waals surface area (Å²) in [5.74, 6) is 0.898. The molecule has 2 aromatic heterocycles. The van der Waals surface area contributed by atoms with E-state index in [1.54, 1.807) is 10.7 Å². The summed E-state index contributed by atoms with van der Waals surface area (Å²) in [4.78, 5) is 4.55. The lowest BCUT2D eigenvalue weighted by Crippen LogP contribution is -2.26. The number of nitrogen functional groups attached to an aromatic ring is 1. The van der Waals surface area contributed by atoms with E-state index >= 15 is 0 Å². The first-order valence-corrected chi connectivity index (χ1v) is 10.5. The highest BCUT2D eigenvalue weighted by Gasteiger charge is 2.27. The molecule has 1 aliphatic carbocycles. The number of rotatable bonds is 4. The zero-order valence-corrected chi connectivity index (χ0v) is 16.8. The molecular formula is C24H26N6. The fraction of sp³-hybridized carbons (Fsp3) is 0.250. The third-order valence-corrected chi connectivity index (χ3v) is 6.05. The van der Waals surface area contributed by atoms with Crippen LogP contribution in [0.1, 0.15) is 37.2 Å². The van der Waals surface area contributed by atoms with E-state index in [1.165, 1.54) is 11.1 Å². The second kappa shape index (κ2) is 7.80. The van der Waals surface area contributed by atoms with Crippen LogP contribution in [0.25, 0.3) is 16.8 Å². The monoisotopic (exact) mass is 398 g/mol. The van der Waals surface area contributed by atoms with Crippen LogP contribution in [0.2, 0.25) is 0 Å². The van der Waals surface area contributed by atoms with Gasteiger partial charge in [0.2, 0.25) is 0 Å². The van der Waals surface area contributed by atoms with Gasteiger partial charge in [0.1, 0.15) is 5.82 Å². The summed E-state index contributed by atoms with van der Waals surface area (Å²) in [7, 11) is 0. The Kier molecular flexibility index (Phi) is 4.85. The molecule has 2 aromatic carbocycles. The first kappa shape index (κ1) is 18.6. The Balaban J connectivity index is 1.52. The second-order valence-electron chi connectivity index (χ2n) is 8.05. The third kappa shape index (κ3) is 3.50. The number of anilines is 3. The van der Waals surface area contributed by atoms with Crippen molar-refractivity contribution >= 4 is 22.8 Å². The van der Waals surface area contributed by atoms with Crippen LogP contribution >= 0.6 is 0 Å². The standard InChI is InChI=1S/C24H26N6/c25-19-10-6-18(7-11-19)21-22(24-27-14-15-30(24)29-23(21)26)28-20-12-8-17(9-13-20)16-4-2-1-3-5-16/h1-5,8-9,12-15,18-19,28H,6-7,10-11,25H2,(H2,26,29)/t18-,19-. The Hall–Kier alpha value is -3.38. The summed E-state index contributed by atoms with van der Waals surface area (Å²) in [6.45, 7) is 0. The molecule has 5 rings (SSSR count). The van der Waals surface area contributed by atoms with Gasteiger partial charge in [0.05, 0.1) is 5.69 Å². The highest BCUT2D eigenvalue weighted by Crippen LogP contribution is 2.41. The molecule has 1 aliphatic rings. The van der Waals surface area contributed by atoms with Crippen molar-refractivity contribution in [2.45, 2.75) is 37.6 Å². The Morgan fingerprint density at radius 2 is 1.60 bits per heavy atom. The van der Waals surface area contributed by atoms with Crippen LogP contribution in [0.5, 0.6) is 0 Å². The number of imidazole rings is 1. The fourth-order valence-corrected chi connectivity index (χ4v) is 4.44. The Morgan fingerprint density at radius 3 is 2.33 bits per heavy atom. The smallest absolute Gasteiger partial charge is 0.177 e. The Labute approximate surface area is 175 Å². The van der Waals surface area contributed by atoms with Gasteiger partial charge < -0.3 is 16.8 Å². The quantitative estimate of drug-likeness (QED) is 0.463. The van der Waals surface area contributed by atoms with E-state index in [9.17, 15) is 0 Å². The van der Waals surface area contributed by atoms with Gasteiger partial charge in [0.25, 0.3) is 0 Å². The van der Waals surface area contributed by atoms with Crippen LogP contribution in [0.15, 0.2) is 67.0 Å². The summed E-state index contributed by atoms with van der Waals surface area (Å²) in [5.41, 5.74) is 18.8. The van der Waals surface area contributed by atoms with Gasteiger partial charge in [-0.3, -0.25) is 0 Å². The molecular weight excluding hydrogens is 372 g/mol. The number of hydrogen-bond acceptors (Lipinski definition) is 5. The molecule has 0 unspecified atom stereocenters. The summed E-state index contributed by atoms with van der Waals surface area (Å²) in [5, 5.41) is 8.14. The zero-order chi connectivity index (χ0) is 20.5. The van der Waals surface area contributed by atoms with E-state index in [0.717, 1.165) is 48.3 Å². The lowest BCUT2D eigenvalue weighted by atomic mass is 9.81. The second-order valence-corrected chi connectivity index (χ2v) is 8.05. The molecule has 0 atom stereocenters. The van der Waals surface area contributed by atoms with Crippen molar-refractivity contribution in [1.82, 2.24) is 14.6 Å². The normalized spacial score (nSPS) is 19.1. The molecule has 6 nitrogen and oxygen atoms in total. The molecule has 5 N–H and O–H groups in total. The number of fused-ring (bicyclic) bond motifs is 1. The molecule has 4 aromatic rings. The van der Waals surface area contributed by atoms with Crippen LogP contribution < -0.4 is 16.8 Å². The van der Waals surface area contributed by atoms with Crippen molar-refractivity contribution in [3.63, 3.8) is 0 Å². The number of hydrogen-bond donors (Lipinski definition) is 3. The van der Waals surface area contributed by atoms with E-state index < -0.39 is 0 Å². The van der Waals surface area contributed by atoms with Gasteiger partial charge in [-0.05, 0) is 54.9 Å². The van der Waals surface area contributed by atoms with Gasteiger partial charge in [-0.1, -0.05) is 42.5 Å². The number of nitrogens with two attached hydrogens (primary N) is 2. The topological polar surface area (TPSA) is 94.3 Å². The molecule has 0 amide bonds. The molecule has 0 bridgehead atoms. The molecule has 30 heavy (non-hydrogen) atoms. The average molecular weight is 399 g/mol. The minimum atomic E-state index is 0.285. The molecule has 0 spiro atoms. The van der Waals surface area contributed by atoms with E-state index in [2.05, 4.69) is 63.9 Å². The SMILES string of the molecule is Nc1nn2ccnc2c(Nc2ccc(-c3ccccc3)cc2)c1[C@H]1CC[C@H](N)CC1. The summed E-state index contributed by atoms with van der Waals surface area (Å²) >= 11 is 0. The van der Waals surface area contributed by atoms with E-state index in [0.29, 0.717) is 11.7 Å². The molecule has 1 saturated carbocycles. The predicted molar refractivity (Wildman–Crippen MR) is 122 cm³/mol. The number of benzene rings is 2. The van der Waals surface area contributed by atoms with Crippen LogP contribution in [0.3, 0.4) is 0 Å². The fourth-order valence-electron chi connectivity index (χ4n) is 4.44. The van der Waals surface area contributed by atoms with Crippen LogP contribution in [-0.2, 0) is 0 Å². The number of nitrogens with zero attached hydrogens (tertiary/aromatic N) is 3. The molecule has 2 heterocycles. The Morgan fingerprint density at radius 1 is 0.900 bits per heavy atom. The van der Waals surface area contributed by atoms with Gasteiger partial charge in [-0.25, -0.2) is 9.50 Å². The largest absolute Gasteiger partial charge is 0.382 e. The zero-order valence-electron chi connectivity index (χ0n) is 16.8. The third-order valence-electron chi connectivity index (χ3n) is 6.05. The van der Waals surface area contributed by atoms with Gasteiger partial charge in [-0.15, -0.1) is 5.10 Å². The van der Waals surface area contributed by atoms with Crippen molar-refractivity contribution in [1.29, 1.82) is 0 Å². The first-order valence-electron chi connectivity index (χ1n) is 10.5. The van der Waals surface area contributed by atoms with E-state index in [4.69, 9.17) is 11.5 Å². The van der Waals surface area contributed by atoms with E-state index in [1.807, 2.05) is 12.3 Å². The molecule has 152 valence electrons. The lowest BCUT2D eigenvalue weighted by molar-refractivity contribution is 0.396. The van der Waals surface area contributed by atoms with Crippen molar-refractivity contribution in [3.8, 4) is 11.1 Å². The maximum absolute atomic E-state index is 6.43. The minimum absolute atomic E-state index is 0.285. The van der Waals surface area contributed by atoms with Crippen molar-refractivity contribution < 1.29 is 0 Å². The highest BCUT2D eigenvalue weighted by atomic mass is 15.3. The summed E-state index contributed by atoms with van der Waals surface area (Å²) in [6.07, 6.45) is 7.64. The molecule has 0 saturated heterocycles. The van der Waals surface area contributed by atoms with Crippen LogP contribution in [0, 0.1) is 0 Å². The highest BCUT2D eigenvalue weighted by molar-refractivity contribution is 5.81. The molecule has 1 fully saturated rings. The molecule has 0 aliphatic heterocycles. The summed E-state index contributed by atoms with van der Waals surface area (Å²) < 4.78 is 1.74. The minimum Gasteiger partial charge on any atom is -0.382 e. The first-order chi connectivity index (χ1) is 14.7. The van der Waals surface area contributed by atoms with Gasteiger partial charge in [0, 0.05) is 29.7 Å². The summed E-state index contributed by atoms with van der Waals surface area (Å²) in [6, 6.07) is 19.1. The van der Waals surface area contributed by atoms with Gasteiger partial charge in [0.15, 0.2) is 5.65 Å². The van der Waals surface area contributed by atoms with Gasteiger partial charge >= 0.3 is 0 Å². The molecule has 6 heteroatoms. The maximum Gasteiger partial charge on any atom is 0.177 e. The molecule has 0 radical (unpaired) electrons. The van der Waals surface area contributed by atoms with Crippen LogP contribution in [-0.4, -0.2) is 20.6 Å². The van der Waals surface area contributed by atoms with Crippen molar-refractivity contribution in [2.24, 2.45) is 5.73 Å². The average Bonchev–Trinajstić information content (AvgIpc) is 3.24. The van der Waals surface area contributed by atoms with Crippen molar-refractivity contribution in [3.05, 3.63) is 72.6 Å². The van der Waals surface area contributed by atoms with Gasteiger partial charge in [-0.2, -0.15) is 0 Å². The van der Waals surface area contributed by atoms with E-state index in [-0.39, 0.29) is 6.04 Å². The lowest BCUT2D eigenvalue weighted by Gasteiger charge is -2.28. The number of aromatic nitrogens is 3. The maximum atomic E-state index is 6.43. The Bertz CT molecular complexity index is 1140.